The van der Waals surface area contributed by atoms with E-state index in [1.165, 1.54) is 12.1 Å². The van der Waals surface area contributed by atoms with Crippen molar-refractivity contribution in [2.24, 2.45) is 0 Å². The van der Waals surface area contributed by atoms with E-state index in [1.807, 2.05) is 35.2 Å². The van der Waals surface area contributed by atoms with Gasteiger partial charge >= 0.3 is 0 Å². The van der Waals surface area contributed by atoms with Crippen molar-refractivity contribution in [3.8, 4) is 0 Å². The van der Waals surface area contributed by atoms with Gasteiger partial charge in [0.15, 0.2) is 18.9 Å². The van der Waals surface area contributed by atoms with Crippen LogP contribution >= 0.6 is 0 Å². The van der Waals surface area contributed by atoms with Gasteiger partial charge in [-0.05, 0) is 17.7 Å². The first-order valence-corrected chi connectivity index (χ1v) is 5.53. The molecule has 1 N–H and O–H groups in total. The van der Waals surface area contributed by atoms with E-state index < -0.39 is 11.0 Å². The lowest BCUT2D eigenvalue weighted by Crippen LogP contribution is -2.35. The van der Waals surface area contributed by atoms with Crippen LogP contribution in [-0.4, -0.2) is 10.0 Å². The summed E-state index contributed by atoms with van der Waals surface area (Å²) in [5, 5.41) is 20.5. The number of aliphatic hydroxyl groups excluding tert-OH is 1. The molecule has 0 amide bonds. The van der Waals surface area contributed by atoms with E-state index >= 15 is 0 Å². The highest BCUT2D eigenvalue weighted by atomic mass is 16.6. The molecule has 0 aliphatic rings. The van der Waals surface area contributed by atoms with E-state index in [1.54, 1.807) is 12.1 Å². The van der Waals surface area contributed by atoms with Gasteiger partial charge in [0.25, 0.3) is 5.69 Å². The second kappa shape index (κ2) is 5.37. The van der Waals surface area contributed by atoms with Crippen LogP contribution in [0, 0.1) is 10.1 Å². The molecule has 5 nitrogen and oxygen atoms in total. The Kier molecular flexibility index (Phi) is 3.64. The second-order valence-corrected chi connectivity index (χ2v) is 3.94. The van der Waals surface area contributed by atoms with Crippen LogP contribution in [0.2, 0.25) is 0 Å². The van der Waals surface area contributed by atoms with Crippen LogP contribution in [0.15, 0.2) is 54.9 Å². The van der Waals surface area contributed by atoms with Crippen molar-refractivity contribution in [3.05, 3.63) is 70.5 Å². The molecule has 0 unspecified atom stereocenters. The van der Waals surface area contributed by atoms with Gasteiger partial charge in [-0.2, -0.15) is 0 Å². The predicted molar refractivity (Wildman–Crippen MR) is 64.7 cm³/mol. The molecule has 92 valence electrons. The molecule has 0 spiro atoms. The number of non-ortho nitro benzene ring substituents is 1. The third-order valence-corrected chi connectivity index (χ3v) is 2.65. The maximum Gasteiger partial charge on any atom is 0.269 e. The molecule has 0 radical (unpaired) electrons. The average molecular weight is 245 g/mol. The zero-order valence-corrected chi connectivity index (χ0v) is 9.64. The number of nitrogens with zero attached hydrogens (tertiary/aromatic N) is 2. The Morgan fingerprint density at radius 3 is 2.33 bits per heavy atom. The van der Waals surface area contributed by atoms with Gasteiger partial charge in [0, 0.05) is 24.3 Å². The number of hydrogen-bond acceptors (Lipinski definition) is 3. The lowest BCUT2D eigenvalue weighted by atomic mass is 10.1. The van der Waals surface area contributed by atoms with Gasteiger partial charge in [-0.25, -0.2) is 4.57 Å². The Balaban J connectivity index is 2.09. The van der Waals surface area contributed by atoms with Crippen molar-refractivity contribution in [2.75, 3.05) is 0 Å². The standard InChI is InChI=1S/C13H13N2O3/c16-13(10-14-8-2-1-3-9-14)11-4-6-12(7-5-11)15(17)18/h1-9,13,16H,10H2/q+1/t13-/m0/s1. The van der Waals surface area contributed by atoms with Crippen LogP contribution in [0.3, 0.4) is 0 Å². The third kappa shape index (κ3) is 2.89. The molecule has 2 rings (SSSR count). The Bertz CT molecular complexity index is 526. The summed E-state index contributed by atoms with van der Waals surface area (Å²) in [5.41, 5.74) is 0.690. The molecule has 1 atom stereocenters. The van der Waals surface area contributed by atoms with Crippen molar-refractivity contribution in [3.63, 3.8) is 0 Å². The zero-order valence-electron chi connectivity index (χ0n) is 9.64. The molecule has 0 saturated heterocycles. The van der Waals surface area contributed by atoms with E-state index in [0.717, 1.165) is 0 Å². The zero-order chi connectivity index (χ0) is 13.0. The van der Waals surface area contributed by atoms with Gasteiger partial charge in [0.1, 0.15) is 6.10 Å². The fourth-order valence-electron chi connectivity index (χ4n) is 1.68. The average Bonchev–Trinajstić information content (AvgIpc) is 2.40. The summed E-state index contributed by atoms with van der Waals surface area (Å²) in [5.74, 6) is 0. The molecular weight excluding hydrogens is 232 g/mol. The Hall–Kier alpha value is -2.27. The highest BCUT2D eigenvalue weighted by Crippen LogP contribution is 2.17. The molecule has 1 aromatic heterocycles. The molecule has 0 aliphatic heterocycles. The predicted octanol–water partition coefficient (Wildman–Crippen LogP) is 1.62. The topological polar surface area (TPSA) is 67.2 Å². The number of pyridine rings is 1. The molecule has 0 fully saturated rings. The third-order valence-electron chi connectivity index (χ3n) is 2.65. The van der Waals surface area contributed by atoms with Crippen LogP contribution < -0.4 is 4.57 Å². The van der Waals surface area contributed by atoms with Gasteiger partial charge < -0.3 is 5.11 Å². The summed E-state index contributed by atoms with van der Waals surface area (Å²) in [6.07, 6.45) is 3.03. The van der Waals surface area contributed by atoms with E-state index in [0.29, 0.717) is 12.1 Å². The Labute approximate surface area is 104 Å². The first-order valence-electron chi connectivity index (χ1n) is 5.53. The minimum Gasteiger partial charge on any atom is -0.382 e. The van der Waals surface area contributed by atoms with Crippen molar-refractivity contribution in [1.29, 1.82) is 0 Å². The molecule has 0 aliphatic carbocycles. The summed E-state index contributed by atoms with van der Waals surface area (Å²) >= 11 is 0. The van der Waals surface area contributed by atoms with E-state index in [2.05, 4.69) is 0 Å². The molecule has 0 saturated carbocycles. The van der Waals surface area contributed by atoms with Crippen molar-refractivity contribution >= 4 is 5.69 Å². The summed E-state index contributed by atoms with van der Waals surface area (Å²) in [7, 11) is 0. The number of aromatic nitrogens is 1. The van der Waals surface area contributed by atoms with Crippen molar-refractivity contribution < 1.29 is 14.6 Å². The van der Waals surface area contributed by atoms with Gasteiger partial charge in [-0.1, -0.05) is 6.07 Å². The number of aliphatic hydroxyl groups is 1. The van der Waals surface area contributed by atoms with Crippen molar-refractivity contribution in [2.45, 2.75) is 12.6 Å². The molecule has 5 heteroatoms. The van der Waals surface area contributed by atoms with Crippen LogP contribution in [0.1, 0.15) is 11.7 Å². The van der Waals surface area contributed by atoms with Gasteiger partial charge in [0.2, 0.25) is 0 Å². The second-order valence-electron chi connectivity index (χ2n) is 3.94. The first kappa shape index (κ1) is 12.2. The van der Waals surface area contributed by atoms with Crippen LogP contribution in [0.25, 0.3) is 0 Å². The number of hydrogen-bond donors (Lipinski definition) is 1. The van der Waals surface area contributed by atoms with Crippen molar-refractivity contribution in [1.82, 2.24) is 0 Å². The number of nitro groups is 1. The lowest BCUT2D eigenvalue weighted by Gasteiger charge is -2.07. The van der Waals surface area contributed by atoms with Gasteiger partial charge in [0.05, 0.1) is 4.92 Å². The van der Waals surface area contributed by atoms with Crippen LogP contribution in [0.4, 0.5) is 5.69 Å². The maximum atomic E-state index is 10.5. The van der Waals surface area contributed by atoms with E-state index in [-0.39, 0.29) is 5.69 Å². The Morgan fingerprint density at radius 2 is 1.78 bits per heavy atom. The first-order chi connectivity index (χ1) is 8.66. The number of benzene rings is 1. The SMILES string of the molecule is O=[N+]([O-])c1ccc([C@@H](O)C[n+]2ccccc2)cc1. The molecule has 1 aromatic carbocycles. The van der Waals surface area contributed by atoms with Crippen LogP contribution in [-0.2, 0) is 6.54 Å². The van der Waals surface area contributed by atoms with E-state index in [9.17, 15) is 15.2 Å². The summed E-state index contributed by atoms with van der Waals surface area (Å²) < 4.78 is 1.85. The summed E-state index contributed by atoms with van der Waals surface area (Å²) in [6, 6.07) is 11.6. The smallest absolute Gasteiger partial charge is 0.269 e. The molecule has 0 bridgehead atoms. The van der Waals surface area contributed by atoms with E-state index in [4.69, 9.17) is 0 Å². The Morgan fingerprint density at radius 1 is 1.17 bits per heavy atom. The lowest BCUT2D eigenvalue weighted by molar-refractivity contribution is -0.704. The molecule has 2 aromatic rings. The largest absolute Gasteiger partial charge is 0.382 e. The normalized spacial score (nSPS) is 12.1. The minimum absolute atomic E-state index is 0.0262. The fraction of sp³-hybridized carbons (Fsp3) is 0.154. The van der Waals surface area contributed by atoms with Crippen LogP contribution in [0.5, 0.6) is 0 Å². The van der Waals surface area contributed by atoms with Gasteiger partial charge in [-0.15, -0.1) is 0 Å². The summed E-state index contributed by atoms with van der Waals surface area (Å²) in [4.78, 5) is 10.1. The molecule has 1 heterocycles. The van der Waals surface area contributed by atoms with Gasteiger partial charge in [-0.3, -0.25) is 10.1 Å². The summed E-state index contributed by atoms with van der Waals surface area (Å²) in [6.45, 7) is 0.415. The minimum atomic E-state index is -0.682. The highest BCUT2D eigenvalue weighted by Gasteiger charge is 2.14. The quantitative estimate of drug-likeness (QED) is 0.505. The highest BCUT2D eigenvalue weighted by molar-refractivity contribution is 5.33. The maximum absolute atomic E-state index is 10.5. The fourth-order valence-corrected chi connectivity index (χ4v) is 1.68. The number of nitro benzene ring substituents is 1. The monoisotopic (exact) mass is 245 g/mol. The molecule has 18 heavy (non-hydrogen) atoms. The molecular formula is C13H13N2O3+. The number of rotatable bonds is 4.